The second-order valence-electron chi connectivity index (χ2n) is 8.33. The second kappa shape index (κ2) is 8.91. The normalized spacial score (nSPS) is 26.5. The number of sulfonamides is 1. The molecule has 9 heteroatoms. The van der Waals surface area contributed by atoms with E-state index in [9.17, 15) is 8.42 Å². The molecule has 0 radical (unpaired) electrons. The molecule has 3 fully saturated rings. The van der Waals surface area contributed by atoms with E-state index in [-0.39, 0.29) is 5.41 Å². The Bertz CT molecular complexity index is 825. The fourth-order valence-corrected chi connectivity index (χ4v) is 7.43. The lowest BCUT2D eigenvalue weighted by molar-refractivity contribution is 0.156. The van der Waals surface area contributed by atoms with Gasteiger partial charge in [-0.1, -0.05) is 6.42 Å². The highest BCUT2D eigenvalue weighted by molar-refractivity contribution is 7.91. The Labute approximate surface area is 178 Å². The molecule has 1 atom stereocenters. The molecule has 1 aromatic rings. The molecular weight excluding hydrogens is 408 g/mol. The third kappa shape index (κ3) is 4.62. The molecule has 1 spiro atoms. The molecule has 0 saturated carbocycles. The maximum atomic E-state index is 12.9. The topological polar surface area (TPSA) is 74.2 Å². The van der Waals surface area contributed by atoms with Crippen molar-refractivity contribution in [1.82, 2.24) is 14.5 Å². The first kappa shape index (κ1) is 21.1. The minimum absolute atomic E-state index is 0.287. The standard InChI is InChI=1S/C20H32N4O3S2/c1-2-21-19(23-12-8-20(15-23)9-13-27-16-20)22-14-17-6-7-18(28-17)29(25,26)24-10-4-3-5-11-24/h6-7H,2-5,8-16H2,1H3,(H,21,22). The van der Waals surface area contributed by atoms with Gasteiger partial charge in [-0.3, -0.25) is 0 Å². The van der Waals surface area contributed by atoms with Crippen LogP contribution in [0.2, 0.25) is 0 Å². The molecule has 3 aliphatic rings. The quantitative estimate of drug-likeness (QED) is 0.563. The molecule has 162 valence electrons. The zero-order chi connectivity index (χ0) is 20.3. The van der Waals surface area contributed by atoms with Gasteiger partial charge in [0.15, 0.2) is 5.96 Å². The van der Waals surface area contributed by atoms with Crippen LogP contribution in [0.15, 0.2) is 21.3 Å². The van der Waals surface area contributed by atoms with Gasteiger partial charge in [0.1, 0.15) is 4.21 Å². The van der Waals surface area contributed by atoms with Crippen molar-refractivity contribution in [3.63, 3.8) is 0 Å². The van der Waals surface area contributed by atoms with Gasteiger partial charge < -0.3 is 15.0 Å². The highest BCUT2D eigenvalue weighted by atomic mass is 32.2. The van der Waals surface area contributed by atoms with Crippen molar-refractivity contribution >= 4 is 27.3 Å². The summed E-state index contributed by atoms with van der Waals surface area (Å²) in [6.07, 6.45) is 5.31. The van der Waals surface area contributed by atoms with Gasteiger partial charge in [0.05, 0.1) is 13.2 Å². The number of hydrogen-bond acceptors (Lipinski definition) is 5. The largest absolute Gasteiger partial charge is 0.381 e. The van der Waals surface area contributed by atoms with Crippen molar-refractivity contribution in [1.29, 1.82) is 0 Å². The van der Waals surface area contributed by atoms with Crippen LogP contribution in [0.4, 0.5) is 0 Å². The van der Waals surface area contributed by atoms with Gasteiger partial charge in [-0.25, -0.2) is 13.4 Å². The number of thiophene rings is 1. The molecule has 1 N–H and O–H groups in total. The Morgan fingerprint density at radius 1 is 1.24 bits per heavy atom. The van der Waals surface area contributed by atoms with Gasteiger partial charge in [-0.15, -0.1) is 11.3 Å². The van der Waals surface area contributed by atoms with E-state index in [0.29, 0.717) is 23.8 Å². The fourth-order valence-electron chi connectivity index (χ4n) is 4.48. The molecular formula is C20H32N4O3S2. The molecule has 29 heavy (non-hydrogen) atoms. The summed E-state index contributed by atoms with van der Waals surface area (Å²) in [4.78, 5) is 8.13. The number of nitrogens with one attached hydrogen (secondary N) is 1. The lowest BCUT2D eigenvalue weighted by atomic mass is 9.87. The molecule has 4 heterocycles. The minimum atomic E-state index is -3.36. The summed E-state index contributed by atoms with van der Waals surface area (Å²) >= 11 is 1.35. The van der Waals surface area contributed by atoms with Crippen molar-refractivity contribution < 1.29 is 13.2 Å². The summed E-state index contributed by atoms with van der Waals surface area (Å²) in [5.74, 6) is 0.921. The van der Waals surface area contributed by atoms with E-state index in [1.807, 2.05) is 6.07 Å². The number of ether oxygens (including phenoxy) is 1. The summed E-state index contributed by atoms with van der Waals surface area (Å²) < 4.78 is 33.4. The van der Waals surface area contributed by atoms with Crippen LogP contribution in [0, 0.1) is 5.41 Å². The molecule has 7 nitrogen and oxygen atoms in total. The van der Waals surface area contributed by atoms with Crippen LogP contribution in [0.5, 0.6) is 0 Å². The number of guanidine groups is 1. The Balaban J connectivity index is 1.43. The average molecular weight is 441 g/mol. The maximum Gasteiger partial charge on any atom is 0.252 e. The molecule has 0 aliphatic carbocycles. The van der Waals surface area contributed by atoms with E-state index in [2.05, 4.69) is 17.1 Å². The van der Waals surface area contributed by atoms with Crippen LogP contribution < -0.4 is 5.32 Å². The second-order valence-corrected chi connectivity index (χ2v) is 11.7. The van der Waals surface area contributed by atoms with Crippen LogP contribution in [0.3, 0.4) is 0 Å². The minimum Gasteiger partial charge on any atom is -0.381 e. The van der Waals surface area contributed by atoms with Gasteiger partial charge in [0.25, 0.3) is 10.0 Å². The summed E-state index contributed by atoms with van der Waals surface area (Å²) in [6.45, 7) is 8.37. The highest BCUT2D eigenvalue weighted by Crippen LogP contribution is 2.38. The smallest absolute Gasteiger partial charge is 0.252 e. The Morgan fingerprint density at radius 3 is 2.79 bits per heavy atom. The number of piperidine rings is 1. The molecule has 1 unspecified atom stereocenters. The maximum absolute atomic E-state index is 12.9. The lowest BCUT2D eigenvalue weighted by Gasteiger charge is -2.25. The van der Waals surface area contributed by atoms with E-state index < -0.39 is 10.0 Å². The Morgan fingerprint density at radius 2 is 2.07 bits per heavy atom. The molecule has 3 saturated heterocycles. The molecule has 1 aromatic heterocycles. The first-order chi connectivity index (χ1) is 14.0. The summed E-state index contributed by atoms with van der Waals surface area (Å²) in [5, 5.41) is 3.40. The number of rotatable bonds is 5. The van der Waals surface area contributed by atoms with Crippen molar-refractivity contribution in [2.45, 2.75) is 49.8 Å². The van der Waals surface area contributed by atoms with Crippen LogP contribution in [0.1, 0.15) is 43.9 Å². The summed E-state index contributed by atoms with van der Waals surface area (Å²) in [5.41, 5.74) is 0.287. The third-order valence-electron chi connectivity index (χ3n) is 6.19. The van der Waals surface area contributed by atoms with Gasteiger partial charge >= 0.3 is 0 Å². The third-order valence-corrected chi connectivity index (χ3v) is 9.62. The predicted molar refractivity (Wildman–Crippen MR) is 116 cm³/mol. The zero-order valence-corrected chi connectivity index (χ0v) is 18.9. The van der Waals surface area contributed by atoms with Crippen LogP contribution in [-0.4, -0.2) is 69.5 Å². The molecule has 0 bridgehead atoms. The van der Waals surface area contributed by atoms with Crippen LogP contribution in [-0.2, 0) is 21.3 Å². The first-order valence-corrected chi connectivity index (χ1v) is 13.0. The van der Waals surface area contributed by atoms with Gasteiger partial charge in [-0.05, 0) is 44.7 Å². The number of hydrogen-bond donors (Lipinski definition) is 1. The molecule has 4 rings (SSSR count). The number of nitrogens with zero attached hydrogens (tertiary/aromatic N) is 3. The lowest BCUT2D eigenvalue weighted by Crippen LogP contribution is -2.41. The molecule has 0 amide bonds. The van der Waals surface area contributed by atoms with Gasteiger partial charge in [0.2, 0.25) is 0 Å². The number of aliphatic imine (C=N–C) groups is 1. The predicted octanol–water partition coefficient (Wildman–Crippen LogP) is 2.50. The monoisotopic (exact) mass is 440 g/mol. The van der Waals surface area contributed by atoms with Crippen molar-refractivity contribution in [2.75, 3.05) is 45.9 Å². The van der Waals surface area contributed by atoms with E-state index in [0.717, 1.165) is 75.8 Å². The fraction of sp³-hybridized carbons (Fsp3) is 0.750. The van der Waals surface area contributed by atoms with E-state index in [4.69, 9.17) is 9.73 Å². The van der Waals surface area contributed by atoms with E-state index >= 15 is 0 Å². The highest BCUT2D eigenvalue weighted by Gasteiger charge is 2.42. The zero-order valence-electron chi connectivity index (χ0n) is 17.2. The van der Waals surface area contributed by atoms with Crippen molar-refractivity contribution in [2.24, 2.45) is 10.4 Å². The molecule has 0 aromatic carbocycles. The summed E-state index contributed by atoms with van der Waals surface area (Å²) in [7, 11) is -3.36. The first-order valence-electron chi connectivity index (χ1n) is 10.7. The van der Waals surface area contributed by atoms with E-state index in [1.165, 1.54) is 11.3 Å². The Hall–Kier alpha value is -1.16. The SMILES string of the molecule is CCNC(=NCc1ccc(S(=O)(=O)N2CCCCC2)s1)N1CCC2(CCOC2)C1. The Kier molecular flexibility index (Phi) is 6.48. The molecule has 3 aliphatic heterocycles. The average Bonchev–Trinajstić information content (AvgIpc) is 3.48. The van der Waals surface area contributed by atoms with Crippen LogP contribution in [0.25, 0.3) is 0 Å². The number of likely N-dealkylation sites (tertiary alicyclic amines) is 1. The summed E-state index contributed by atoms with van der Waals surface area (Å²) in [6, 6.07) is 3.65. The van der Waals surface area contributed by atoms with Gasteiger partial charge in [0, 0.05) is 49.6 Å². The van der Waals surface area contributed by atoms with E-state index in [1.54, 1.807) is 10.4 Å². The van der Waals surface area contributed by atoms with Crippen molar-refractivity contribution in [3.8, 4) is 0 Å². The van der Waals surface area contributed by atoms with Crippen molar-refractivity contribution in [3.05, 3.63) is 17.0 Å². The van der Waals surface area contributed by atoms with Gasteiger partial charge in [-0.2, -0.15) is 4.31 Å². The van der Waals surface area contributed by atoms with Crippen LogP contribution >= 0.6 is 11.3 Å².